The molecule has 2 aliphatic heterocycles. The summed E-state index contributed by atoms with van der Waals surface area (Å²) in [5.74, 6) is 0.0474. The Morgan fingerprint density at radius 1 is 1.29 bits per heavy atom. The predicted molar refractivity (Wildman–Crippen MR) is 104 cm³/mol. The zero-order valence-corrected chi connectivity index (χ0v) is 17.4. The molecule has 2 heterocycles. The van der Waals surface area contributed by atoms with Crippen molar-refractivity contribution in [3.63, 3.8) is 0 Å². The number of ketones is 1. The van der Waals surface area contributed by atoms with Crippen molar-refractivity contribution in [2.75, 3.05) is 20.3 Å². The normalized spacial score (nSPS) is 36.8. The first-order chi connectivity index (χ1) is 13.5. The average Bonchev–Trinajstić information content (AvgIpc) is 3.57. The topological polar surface area (TPSA) is 77.7 Å². The van der Waals surface area contributed by atoms with Gasteiger partial charge >= 0.3 is 5.97 Å². The molecule has 5 atom stereocenters. The fourth-order valence-electron chi connectivity index (χ4n) is 4.71. The highest BCUT2D eigenvalue weighted by Crippen LogP contribution is 2.58. The number of hydrogen-bond donors (Lipinski definition) is 0. The van der Waals surface area contributed by atoms with Gasteiger partial charge in [-0.3, -0.25) is 9.59 Å². The summed E-state index contributed by atoms with van der Waals surface area (Å²) in [7, 11) is 1.61. The molecule has 1 aliphatic carbocycles. The van der Waals surface area contributed by atoms with Crippen molar-refractivity contribution in [3.8, 4) is 0 Å². The van der Waals surface area contributed by atoms with Crippen LogP contribution < -0.4 is 0 Å². The van der Waals surface area contributed by atoms with Crippen LogP contribution >= 0.6 is 0 Å². The number of carbonyl (C=O) groups excluding carboxylic acids is 2. The molecule has 3 aliphatic rings. The Bertz CT molecular complexity index is 596. The molecule has 1 spiro atoms. The van der Waals surface area contributed by atoms with E-state index in [0.717, 1.165) is 38.5 Å². The summed E-state index contributed by atoms with van der Waals surface area (Å²) < 4.78 is 22.4. The van der Waals surface area contributed by atoms with Gasteiger partial charge < -0.3 is 18.9 Å². The van der Waals surface area contributed by atoms with Gasteiger partial charge in [0.15, 0.2) is 5.78 Å². The maximum absolute atomic E-state index is 12.3. The minimum atomic E-state index is -0.422. The number of esters is 1. The summed E-state index contributed by atoms with van der Waals surface area (Å²) >= 11 is 0. The molecular formula is C22H34O6. The second-order valence-corrected chi connectivity index (χ2v) is 8.36. The summed E-state index contributed by atoms with van der Waals surface area (Å²) in [5, 5.41) is 0. The van der Waals surface area contributed by atoms with Crippen molar-refractivity contribution >= 4 is 11.8 Å². The van der Waals surface area contributed by atoms with Crippen LogP contribution in [-0.4, -0.2) is 55.5 Å². The Morgan fingerprint density at radius 2 is 2.07 bits per heavy atom. The summed E-state index contributed by atoms with van der Waals surface area (Å²) in [6.07, 6.45) is 10.7. The number of allylic oxidation sites excluding steroid dienone is 1. The fourth-order valence-corrected chi connectivity index (χ4v) is 4.71. The van der Waals surface area contributed by atoms with E-state index in [1.54, 1.807) is 7.11 Å². The zero-order valence-electron chi connectivity index (χ0n) is 17.4. The maximum Gasteiger partial charge on any atom is 0.305 e. The van der Waals surface area contributed by atoms with Crippen LogP contribution in [-0.2, 0) is 28.5 Å². The first-order valence-corrected chi connectivity index (χ1v) is 10.6. The van der Waals surface area contributed by atoms with Crippen molar-refractivity contribution in [2.24, 2.45) is 5.92 Å². The van der Waals surface area contributed by atoms with Crippen LogP contribution in [0.15, 0.2) is 12.2 Å². The van der Waals surface area contributed by atoms with Gasteiger partial charge in [0.2, 0.25) is 0 Å². The molecule has 158 valence electrons. The van der Waals surface area contributed by atoms with Gasteiger partial charge in [-0.2, -0.15) is 0 Å². The molecule has 0 aromatic rings. The molecule has 28 heavy (non-hydrogen) atoms. The Labute approximate surface area is 167 Å². The zero-order chi connectivity index (χ0) is 20.2. The molecule has 0 bridgehead atoms. The third kappa shape index (κ3) is 4.66. The molecule has 3 fully saturated rings. The lowest BCUT2D eigenvalue weighted by Gasteiger charge is -2.37. The van der Waals surface area contributed by atoms with Crippen LogP contribution in [0.4, 0.5) is 0 Å². The van der Waals surface area contributed by atoms with Crippen LogP contribution in [0.25, 0.3) is 0 Å². The Hall–Kier alpha value is -1.24. The number of methoxy groups -OCH3 is 1. The van der Waals surface area contributed by atoms with E-state index in [1.807, 2.05) is 6.92 Å². The van der Waals surface area contributed by atoms with Crippen LogP contribution in [0.3, 0.4) is 0 Å². The number of rotatable bonds is 11. The first-order valence-electron chi connectivity index (χ1n) is 10.6. The smallest absolute Gasteiger partial charge is 0.305 e. The SMILES string of the molecule is CCOC(=O)CCCCCC=CC[C@H]1OC1(C)[C@H]1[C@H](OC)C(=O)CC[C@]12CO2. The van der Waals surface area contributed by atoms with Crippen LogP contribution in [0.2, 0.25) is 0 Å². The van der Waals surface area contributed by atoms with Gasteiger partial charge in [-0.15, -0.1) is 0 Å². The minimum absolute atomic E-state index is 0.0208. The highest BCUT2D eigenvalue weighted by Gasteiger charge is 2.71. The molecule has 0 radical (unpaired) electrons. The lowest BCUT2D eigenvalue weighted by Crippen LogP contribution is -2.52. The molecule has 1 saturated carbocycles. The van der Waals surface area contributed by atoms with Crippen LogP contribution in [0.1, 0.15) is 65.2 Å². The van der Waals surface area contributed by atoms with Crippen molar-refractivity contribution in [3.05, 3.63) is 12.2 Å². The number of unbranched alkanes of at least 4 members (excludes halogenated alkanes) is 3. The van der Waals surface area contributed by atoms with E-state index in [0.29, 0.717) is 26.1 Å². The second-order valence-electron chi connectivity index (χ2n) is 8.36. The van der Waals surface area contributed by atoms with Crippen LogP contribution in [0.5, 0.6) is 0 Å². The molecule has 1 unspecified atom stereocenters. The molecule has 3 rings (SSSR count). The number of hydrogen-bond acceptors (Lipinski definition) is 6. The average molecular weight is 395 g/mol. The third-order valence-electron chi connectivity index (χ3n) is 6.42. The Kier molecular flexibility index (Phi) is 6.94. The van der Waals surface area contributed by atoms with Gasteiger partial charge in [-0.05, 0) is 46.0 Å². The summed E-state index contributed by atoms with van der Waals surface area (Å²) in [6, 6.07) is 0. The highest BCUT2D eigenvalue weighted by molar-refractivity contribution is 5.85. The monoisotopic (exact) mass is 394 g/mol. The summed E-state index contributed by atoms with van der Waals surface area (Å²) in [4.78, 5) is 23.6. The van der Waals surface area contributed by atoms with E-state index >= 15 is 0 Å². The molecule has 2 saturated heterocycles. The molecule has 6 heteroatoms. The van der Waals surface area contributed by atoms with Gasteiger partial charge in [-0.1, -0.05) is 18.6 Å². The minimum Gasteiger partial charge on any atom is -0.466 e. The molecule has 6 nitrogen and oxygen atoms in total. The van der Waals surface area contributed by atoms with Gasteiger partial charge in [0.25, 0.3) is 0 Å². The largest absolute Gasteiger partial charge is 0.466 e. The standard InChI is InChI=1S/C22H34O6/c1-4-26-18(24)12-10-8-6-5-7-9-11-17-21(2,28-17)20-19(25-3)16(23)13-14-22(20)15-27-22/h7,9,17,19-20H,4-6,8,10-15H2,1-3H3/t17-,19-,20-,21?,22+/m1/s1. The van der Waals surface area contributed by atoms with Crippen molar-refractivity contribution in [2.45, 2.75) is 88.6 Å². The molecular weight excluding hydrogens is 360 g/mol. The van der Waals surface area contributed by atoms with Gasteiger partial charge in [0, 0.05) is 20.0 Å². The summed E-state index contributed by atoms with van der Waals surface area (Å²) in [5.41, 5.74) is -0.571. The van der Waals surface area contributed by atoms with E-state index in [1.165, 1.54) is 0 Å². The van der Waals surface area contributed by atoms with E-state index in [4.69, 9.17) is 18.9 Å². The van der Waals surface area contributed by atoms with Gasteiger partial charge in [-0.25, -0.2) is 0 Å². The molecule has 0 N–H and O–H groups in total. The number of epoxide rings is 2. The van der Waals surface area contributed by atoms with Crippen molar-refractivity contribution < 1.29 is 28.5 Å². The second kappa shape index (κ2) is 9.06. The van der Waals surface area contributed by atoms with E-state index in [9.17, 15) is 9.59 Å². The molecule has 0 aromatic carbocycles. The Morgan fingerprint density at radius 3 is 2.75 bits per heavy atom. The van der Waals surface area contributed by atoms with Gasteiger partial charge in [0.05, 0.1) is 25.2 Å². The van der Waals surface area contributed by atoms with Crippen LogP contribution in [0, 0.1) is 5.92 Å². The quantitative estimate of drug-likeness (QED) is 0.231. The van der Waals surface area contributed by atoms with Crippen molar-refractivity contribution in [1.82, 2.24) is 0 Å². The lowest BCUT2D eigenvalue weighted by atomic mass is 9.69. The lowest BCUT2D eigenvalue weighted by molar-refractivity contribution is -0.143. The van der Waals surface area contributed by atoms with Crippen molar-refractivity contribution in [1.29, 1.82) is 0 Å². The fraction of sp³-hybridized carbons (Fsp3) is 0.818. The number of ether oxygens (including phenoxy) is 4. The highest BCUT2D eigenvalue weighted by atomic mass is 16.6. The predicted octanol–water partition coefficient (Wildman–Crippen LogP) is 3.37. The summed E-state index contributed by atoms with van der Waals surface area (Å²) in [6.45, 7) is 5.09. The van der Waals surface area contributed by atoms with Gasteiger partial charge in [0.1, 0.15) is 17.3 Å². The van der Waals surface area contributed by atoms with E-state index in [2.05, 4.69) is 19.1 Å². The first kappa shape index (κ1) is 21.5. The number of Topliss-reactive ketones (excluding diaryl/α,β-unsaturated/α-hetero) is 1. The molecule has 0 amide bonds. The molecule has 0 aromatic heterocycles. The van der Waals surface area contributed by atoms with E-state index < -0.39 is 6.10 Å². The van der Waals surface area contributed by atoms with E-state index in [-0.39, 0.29) is 35.0 Å². The maximum atomic E-state index is 12.3. The Balaban J connectivity index is 1.38. The number of carbonyl (C=O) groups is 2. The third-order valence-corrected chi connectivity index (χ3v) is 6.42.